The van der Waals surface area contributed by atoms with Gasteiger partial charge in [0.2, 0.25) is 5.91 Å². The Hall–Kier alpha value is -1.59. The van der Waals surface area contributed by atoms with Crippen molar-refractivity contribution in [1.82, 2.24) is 4.90 Å². The van der Waals surface area contributed by atoms with Crippen LogP contribution in [-0.2, 0) is 11.4 Å². The molecule has 24 heavy (non-hydrogen) atoms. The van der Waals surface area contributed by atoms with Gasteiger partial charge in [0.05, 0.1) is 13.2 Å². The molecular weight excluding hydrogens is 304 g/mol. The highest BCUT2D eigenvalue weighted by Crippen LogP contribution is 2.28. The Morgan fingerprint density at radius 3 is 2.83 bits per heavy atom. The van der Waals surface area contributed by atoms with Crippen LogP contribution < -0.4 is 9.64 Å². The SMILES string of the molecule is CC1CCCN1CCCOc1ccc(N2CCCC2=O)cc1CO. The molecule has 132 valence electrons. The summed E-state index contributed by atoms with van der Waals surface area (Å²) in [6.45, 7) is 5.89. The van der Waals surface area contributed by atoms with Crippen molar-refractivity contribution in [2.45, 2.75) is 51.7 Å². The van der Waals surface area contributed by atoms with Crippen molar-refractivity contribution in [3.05, 3.63) is 23.8 Å². The van der Waals surface area contributed by atoms with Gasteiger partial charge in [-0.2, -0.15) is 0 Å². The Balaban J connectivity index is 1.54. The number of aliphatic hydroxyl groups excluding tert-OH is 1. The standard InChI is InChI=1S/C19H28N2O3/c1-15-5-2-9-20(15)10-4-12-24-18-8-7-17(13-16(18)14-22)21-11-3-6-19(21)23/h7-8,13,15,22H,2-6,9-12,14H2,1H3. The monoisotopic (exact) mass is 332 g/mol. The highest BCUT2D eigenvalue weighted by atomic mass is 16.5. The van der Waals surface area contributed by atoms with E-state index in [4.69, 9.17) is 4.74 Å². The van der Waals surface area contributed by atoms with Crippen molar-refractivity contribution in [2.75, 3.05) is 31.1 Å². The first-order valence-corrected chi connectivity index (χ1v) is 9.10. The summed E-state index contributed by atoms with van der Waals surface area (Å²) in [5, 5.41) is 9.62. The van der Waals surface area contributed by atoms with Crippen LogP contribution in [0.15, 0.2) is 18.2 Å². The summed E-state index contributed by atoms with van der Waals surface area (Å²) < 4.78 is 5.88. The van der Waals surface area contributed by atoms with Crippen LogP contribution >= 0.6 is 0 Å². The molecule has 1 aromatic carbocycles. The average molecular weight is 332 g/mol. The highest BCUT2D eigenvalue weighted by Gasteiger charge is 2.22. The molecule has 0 bridgehead atoms. The van der Waals surface area contributed by atoms with E-state index >= 15 is 0 Å². The molecule has 3 rings (SSSR count). The van der Waals surface area contributed by atoms with Crippen LogP contribution in [-0.4, -0.2) is 48.2 Å². The van der Waals surface area contributed by atoms with Crippen LogP contribution in [0.4, 0.5) is 5.69 Å². The van der Waals surface area contributed by atoms with E-state index in [1.807, 2.05) is 18.2 Å². The van der Waals surface area contributed by atoms with E-state index in [-0.39, 0.29) is 12.5 Å². The second-order valence-electron chi connectivity index (χ2n) is 6.83. The van der Waals surface area contributed by atoms with E-state index in [1.54, 1.807) is 4.90 Å². The van der Waals surface area contributed by atoms with Crippen molar-refractivity contribution in [1.29, 1.82) is 0 Å². The maximum absolute atomic E-state index is 11.9. The molecule has 2 aliphatic heterocycles. The normalized spacial score (nSPS) is 21.7. The maximum atomic E-state index is 11.9. The molecule has 2 heterocycles. The van der Waals surface area contributed by atoms with Crippen LogP contribution in [0, 0.1) is 0 Å². The van der Waals surface area contributed by atoms with Gasteiger partial charge in [0.25, 0.3) is 0 Å². The number of hydrogen-bond donors (Lipinski definition) is 1. The molecule has 2 fully saturated rings. The first-order chi connectivity index (χ1) is 11.7. The van der Waals surface area contributed by atoms with Gasteiger partial charge < -0.3 is 19.6 Å². The van der Waals surface area contributed by atoms with Crippen LogP contribution in [0.3, 0.4) is 0 Å². The Bertz CT molecular complexity index is 576. The molecule has 2 aliphatic rings. The molecule has 1 N–H and O–H groups in total. The zero-order valence-electron chi connectivity index (χ0n) is 14.5. The number of carbonyl (C=O) groups is 1. The molecule has 0 aliphatic carbocycles. The van der Waals surface area contributed by atoms with E-state index < -0.39 is 0 Å². The van der Waals surface area contributed by atoms with Gasteiger partial charge in [-0.15, -0.1) is 0 Å². The number of rotatable bonds is 7. The lowest BCUT2D eigenvalue weighted by Gasteiger charge is -2.21. The number of benzene rings is 1. The van der Waals surface area contributed by atoms with Crippen molar-refractivity contribution in [3.8, 4) is 5.75 Å². The Labute approximate surface area is 144 Å². The maximum Gasteiger partial charge on any atom is 0.227 e. The molecule has 1 atom stereocenters. The highest BCUT2D eigenvalue weighted by molar-refractivity contribution is 5.95. The fourth-order valence-electron chi connectivity index (χ4n) is 3.69. The number of anilines is 1. The molecule has 0 saturated carbocycles. The van der Waals surface area contributed by atoms with E-state index in [9.17, 15) is 9.90 Å². The van der Waals surface area contributed by atoms with Gasteiger partial charge in [-0.1, -0.05) is 0 Å². The first kappa shape index (κ1) is 17.2. The molecular formula is C19H28N2O3. The molecule has 1 unspecified atom stereocenters. The van der Waals surface area contributed by atoms with Crippen LogP contribution in [0.5, 0.6) is 5.75 Å². The summed E-state index contributed by atoms with van der Waals surface area (Å²) in [5.74, 6) is 0.884. The second-order valence-corrected chi connectivity index (χ2v) is 6.83. The van der Waals surface area contributed by atoms with Gasteiger partial charge in [0.1, 0.15) is 5.75 Å². The number of amides is 1. The van der Waals surface area contributed by atoms with Gasteiger partial charge >= 0.3 is 0 Å². The third-order valence-corrected chi connectivity index (χ3v) is 5.14. The van der Waals surface area contributed by atoms with Gasteiger partial charge in [-0.25, -0.2) is 0 Å². The van der Waals surface area contributed by atoms with Crippen molar-refractivity contribution >= 4 is 11.6 Å². The predicted molar refractivity (Wildman–Crippen MR) is 94.3 cm³/mol. The minimum atomic E-state index is -0.0750. The topological polar surface area (TPSA) is 53.0 Å². The lowest BCUT2D eigenvalue weighted by molar-refractivity contribution is -0.117. The second kappa shape index (κ2) is 7.99. The van der Waals surface area contributed by atoms with Crippen LogP contribution in [0.1, 0.15) is 44.6 Å². The molecule has 0 aromatic heterocycles. The molecule has 2 saturated heterocycles. The van der Waals surface area contributed by atoms with E-state index in [2.05, 4.69) is 11.8 Å². The van der Waals surface area contributed by atoms with Gasteiger partial charge in [0, 0.05) is 36.8 Å². The first-order valence-electron chi connectivity index (χ1n) is 9.10. The molecule has 5 heteroatoms. The fourth-order valence-corrected chi connectivity index (χ4v) is 3.69. The van der Waals surface area contributed by atoms with Gasteiger partial charge in [-0.3, -0.25) is 4.79 Å². The average Bonchev–Trinajstić information content (AvgIpc) is 3.20. The zero-order valence-corrected chi connectivity index (χ0v) is 14.5. The summed E-state index contributed by atoms with van der Waals surface area (Å²) in [6.07, 6.45) is 5.10. The smallest absolute Gasteiger partial charge is 0.227 e. The Morgan fingerprint density at radius 2 is 2.17 bits per heavy atom. The van der Waals surface area contributed by atoms with E-state index in [0.717, 1.165) is 42.9 Å². The number of ether oxygens (including phenoxy) is 1. The summed E-state index contributed by atoms with van der Waals surface area (Å²) >= 11 is 0. The number of likely N-dealkylation sites (tertiary alicyclic amines) is 1. The lowest BCUT2D eigenvalue weighted by atomic mass is 10.1. The lowest BCUT2D eigenvalue weighted by Crippen LogP contribution is -2.28. The Kier molecular flexibility index (Phi) is 5.74. The van der Waals surface area contributed by atoms with Gasteiger partial charge in [0.15, 0.2) is 0 Å². The third kappa shape index (κ3) is 3.90. The van der Waals surface area contributed by atoms with E-state index in [0.29, 0.717) is 19.1 Å². The number of carbonyl (C=O) groups excluding carboxylic acids is 1. The van der Waals surface area contributed by atoms with Crippen molar-refractivity contribution in [2.24, 2.45) is 0 Å². The van der Waals surface area contributed by atoms with Gasteiger partial charge in [-0.05, 0) is 57.4 Å². The molecule has 0 spiro atoms. The van der Waals surface area contributed by atoms with E-state index in [1.165, 1.54) is 19.4 Å². The predicted octanol–water partition coefficient (Wildman–Crippen LogP) is 2.56. The number of hydrogen-bond acceptors (Lipinski definition) is 4. The third-order valence-electron chi connectivity index (χ3n) is 5.14. The summed E-state index contributed by atoms with van der Waals surface area (Å²) in [7, 11) is 0. The zero-order chi connectivity index (χ0) is 16.9. The fraction of sp³-hybridized carbons (Fsp3) is 0.632. The minimum absolute atomic E-state index is 0.0750. The molecule has 5 nitrogen and oxygen atoms in total. The number of aliphatic hydroxyl groups is 1. The number of nitrogens with zero attached hydrogens (tertiary/aromatic N) is 2. The summed E-state index contributed by atoms with van der Waals surface area (Å²) in [4.78, 5) is 16.2. The summed E-state index contributed by atoms with van der Waals surface area (Å²) in [5.41, 5.74) is 1.61. The minimum Gasteiger partial charge on any atom is -0.493 e. The van der Waals surface area contributed by atoms with Crippen LogP contribution in [0.25, 0.3) is 0 Å². The van der Waals surface area contributed by atoms with Crippen molar-refractivity contribution in [3.63, 3.8) is 0 Å². The van der Waals surface area contributed by atoms with Crippen LogP contribution in [0.2, 0.25) is 0 Å². The molecule has 0 radical (unpaired) electrons. The quantitative estimate of drug-likeness (QED) is 0.780. The Morgan fingerprint density at radius 1 is 1.29 bits per heavy atom. The molecule has 1 aromatic rings. The van der Waals surface area contributed by atoms with Crippen molar-refractivity contribution < 1.29 is 14.6 Å². The molecule has 1 amide bonds. The summed E-state index contributed by atoms with van der Waals surface area (Å²) in [6, 6.07) is 6.36. The largest absolute Gasteiger partial charge is 0.493 e.